The summed E-state index contributed by atoms with van der Waals surface area (Å²) in [4.78, 5) is 16.1. The van der Waals surface area contributed by atoms with E-state index in [2.05, 4.69) is 32.9 Å². The lowest BCUT2D eigenvalue weighted by Crippen LogP contribution is -2.15. The van der Waals surface area contributed by atoms with E-state index in [4.69, 9.17) is 0 Å². The highest BCUT2D eigenvalue weighted by Crippen LogP contribution is 2.13. The molecule has 0 aliphatic carbocycles. The quantitative estimate of drug-likeness (QED) is 0.863. The zero-order chi connectivity index (χ0) is 13.0. The van der Waals surface area contributed by atoms with E-state index < -0.39 is 0 Å². The molecule has 0 aliphatic rings. The average Bonchev–Trinajstić information content (AvgIpc) is 2.32. The number of carbonyl (C=O) groups excluding carboxylic acids is 1. The molecule has 0 saturated carbocycles. The molecule has 2 aromatic rings. The summed E-state index contributed by atoms with van der Waals surface area (Å²) >= 11 is 2.22. The molecule has 0 unspecified atom stereocenters. The fraction of sp³-hybridized carbons (Fsp3) is 0.143. The largest absolute Gasteiger partial charge is 0.326 e. The molecule has 4 heteroatoms. The Morgan fingerprint density at radius 1 is 1.33 bits per heavy atom. The monoisotopic (exact) mass is 352 g/mol. The Balaban J connectivity index is 2.03. The van der Waals surface area contributed by atoms with Crippen LogP contribution in [0.3, 0.4) is 0 Å². The summed E-state index contributed by atoms with van der Waals surface area (Å²) in [6.07, 6.45) is 2.01. The van der Waals surface area contributed by atoms with Crippen LogP contribution < -0.4 is 5.32 Å². The van der Waals surface area contributed by atoms with Gasteiger partial charge in [0.05, 0.1) is 12.1 Å². The van der Waals surface area contributed by atoms with Crippen molar-refractivity contribution in [3.05, 3.63) is 57.4 Å². The summed E-state index contributed by atoms with van der Waals surface area (Å²) in [7, 11) is 0. The number of anilines is 1. The van der Waals surface area contributed by atoms with Crippen molar-refractivity contribution in [1.29, 1.82) is 0 Å². The van der Waals surface area contributed by atoms with Crippen molar-refractivity contribution in [2.75, 3.05) is 5.32 Å². The number of aryl methyl sites for hydroxylation is 1. The van der Waals surface area contributed by atoms with Crippen LogP contribution in [0.15, 0.2) is 42.6 Å². The van der Waals surface area contributed by atoms with Crippen LogP contribution in [-0.2, 0) is 11.2 Å². The standard InChI is InChI=1S/C14H13IN2O/c1-10-4-3-7-16-13(10)9-14(18)17-12-6-2-5-11(15)8-12/h2-8H,9H2,1H3,(H,17,18). The maximum Gasteiger partial charge on any atom is 0.230 e. The van der Waals surface area contributed by atoms with Crippen LogP contribution in [0.1, 0.15) is 11.3 Å². The molecule has 3 nitrogen and oxygen atoms in total. The number of amides is 1. The van der Waals surface area contributed by atoms with Crippen LogP contribution >= 0.6 is 22.6 Å². The summed E-state index contributed by atoms with van der Waals surface area (Å²) in [5, 5.41) is 2.87. The fourth-order valence-electron chi connectivity index (χ4n) is 1.63. The van der Waals surface area contributed by atoms with E-state index in [1.807, 2.05) is 43.3 Å². The molecule has 0 atom stereocenters. The first-order valence-electron chi connectivity index (χ1n) is 5.61. The summed E-state index contributed by atoms with van der Waals surface area (Å²) < 4.78 is 1.10. The third-order valence-corrected chi connectivity index (χ3v) is 3.23. The number of halogens is 1. The van der Waals surface area contributed by atoms with E-state index >= 15 is 0 Å². The first-order valence-corrected chi connectivity index (χ1v) is 6.69. The van der Waals surface area contributed by atoms with Crippen LogP contribution in [0.4, 0.5) is 5.69 Å². The van der Waals surface area contributed by atoms with Gasteiger partial charge in [-0.15, -0.1) is 0 Å². The molecule has 1 aromatic heterocycles. The van der Waals surface area contributed by atoms with Gasteiger partial charge in [0.25, 0.3) is 0 Å². The molecule has 0 spiro atoms. The molecule has 0 radical (unpaired) electrons. The van der Waals surface area contributed by atoms with Crippen LogP contribution in [0, 0.1) is 10.5 Å². The average molecular weight is 352 g/mol. The summed E-state index contributed by atoms with van der Waals surface area (Å²) in [5.41, 5.74) is 2.68. The minimum Gasteiger partial charge on any atom is -0.326 e. The second-order valence-electron chi connectivity index (χ2n) is 4.00. The normalized spacial score (nSPS) is 10.1. The highest BCUT2D eigenvalue weighted by molar-refractivity contribution is 14.1. The van der Waals surface area contributed by atoms with E-state index in [-0.39, 0.29) is 5.91 Å². The number of hydrogen-bond acceptors (Lipinski definition) is 2. The molecule has 18 heavy (non-hydrogen) atoms. The van der Waals surface area contributed by atoms with Gasteiger partial charge < -0.3 is 5.32 Å². The summed E-state index contributed by atoms with van der Waals surface area (Å²) in [6, 6.07) is 11.6. The van der Waals surface area contributed by atoms with Crippen molar-refractivity contribution in [3.8, 4) is 0 Å². The number of benzene rings is 1. The number of nitrogens with zero attached hydrogens (tertiary/aromatic N) is 1. The van der Waals surface area contributed by atoms with E-state index in [1.54, 1.807) is 6.20 Å². The van der Waals surface area contributed by atoms with E-state index in [9.17, 15) is 4.79 Å². The lowest BCUT2D eigenvalue weighted by molar-refractivity contribution is -0.115. The van der Waals surface area contributed by atoms with Gasteiger partial charge in [-0.25, -0.2) is 0 Å². The lowest BCUT2D eigenvalue weighted by atomic mass is 10.1. The molecule has 0 saturated heterocycles. The lowest BCUT2D eigenvalue weighted by Gasteiger charge is -2.06. The maximum atomic E-state index is 11.9. The summed E-state index contributed by atoms with van der Waals surface area (Å²) in [5.74, 6) is -0.0428. The van der Waals surface area contributed by atoms with Gasteiger partial charge in [0.1, 0.15) is 0 Å². The van der Waals surface area contributed by atoms with Crippen LogP contribution in [0.2, 0.25) is 0 Å². The highest BCUT2D eigenvalue weighted by Gasteiger charge is 2.07. The molecule has 1 amide bonds. The Bertz CT molecular complexity index is 569. The molecular weight excluding hydrogens is 339 g/mol. The molecule has 0 fully saturated rings. The van der Waals surface area contributed by atoms with Crippen molar-refractivity contribution < 1.29 is 4.79 Å². The van der Waals surface area contributed by atoms with Crippen molar-refractivity contribution in [1.82, 2.24) is 4.98 Å². The number of nitrogens with one attached hydrogen (secondary N) is 1. The van der Waals surface area contributed by atoms with E-state index in [1.165, 1.54) is 0 Å². The molecule has 1 aromatic carbocycles. The number of aromatic nitrogens is 1. The Kier molecular flexibility index (Phi) is 4.30. The van der Waals surface area contributed by atoms with Gasteiger partial charge in [-0.05, 0) is 59.3 Å². The van der Waals surface area contributed by atoms with E-state index in [0.717, 1.165) is 20.5 Å². The summed E-state index contributed by atoms with van der Waals surface area (Å²) in [6.45, 7) is 1.96. The second kappa shape index (κ2) is 5.95. The van der Waals surface area contributed by atoms with Crippen LogP contribution in [0.5, 0.6) is 0 Å². The molecule has 92 valence electrons. The fourth-order valence-corrected chi connectivity index (χ4v) is 2.17. The maximum absolute atomic E-state index is 11.9. The minimum atomic E-state index is -0.0428. The Morgan fingerprint density at radius 2 is 2.17 bits per heavy atom. The highest BCUT2D eigenvalue weighted by atomic mass is 127. The van der Waals surface area contributed by atoms with Crippen LogP contribution in [0.25, 0.3) is 0 Å². The van der Waals surface area contributed by atoms with Gasteiger partial charge in [-0.1, -0.05) is 12.1 Å². The van der Waals surface area contributed by atoms with Gasteiger partial charge in [-0.2, -0.15) is 0 Å². The minimum absolute atomic E-state index is 0.0428. The van der Waals surface area contributed by atoms with E-state index in [0.29, 0.717) is 6.42 Å². The SMILES string of the molecule is Cc1cccnc1CC(=O)Nc1cccc(I)c1. The third kappa shape index (κ3) is 3.53. The van der Waals surface area contributed by atoms with Crippen molar-refractivity contribution in [3.63, 3.8) is 0 Å². The third-order valence-electron chi connectivity index (χ3n) is 2.55. The van der Waals surface area contributed by atoms with Crippen molar-refractivity contribution >= 4 is 34.2 Å². The first kappa shape index (κ1) is 13.0. The van der Waals surface area contributed by atoms with Gasteiger partial charge in [0.2, 0.25) is 5.91 Å². The molecule has 0 aliphatic heterocycles. The Labute approximate surface area is 120 Å². The van der Waals surface area contributed by atoms with Gasteiger partial charge in [0, 0.05) is 15.5 Å². The zero-order valence-electron chi connectivity index (χ0n) is 9.98. The molecule has 0 bridgehead atoms. The number of carbonyl (C=O) groups is 1. The topological polar surface area (TPSA) is 42.0 Å². The number of hydrogen-bond donors (Lipinski definition) is 1. The molecular formula is C14H13IN2O. The second-order valence-corrected chi connectivity index (χ2v) is 5.25. The van der Waals surface area contributed by atoms with Gasteiger partial charge >= 0.3 is 0 Å². The predicted octanol–water partition coefficient (Wildman–Crippen LogP) is 3.18. The van der Waals surface area contributed by atoms with Crippen molar-refractivity contribution in [2.24, 2.45) is 0 Å². The van der Waals surface area contributed by atoms with Crippen molar-refractivity contribution in [2.45, 2.75) is 13.3 Å². The molecule has 2 rings (SSSR count). The van der Waals surface area contributed by atoms with Gasteiger partial charge in [0.15, 0.2) is 0 Å². The number of pyridine rings is 1. The predicted molar refractivity (Wildman–Crippen MR) is 80.5 cm³/mol. The first-order chi connectivity index (χ1) is 8.65. The Morgan fingerprint density at radius 3 is 2.89 bits per heavy atom. The van der Waals surface area contributed by atoms with Crippen LogP contribution in [-0.4, -0.2) is 10.9 Å². The Hall–Kier alpha value is -1.43. The van der Waals surface area contributed by atoms with Gasteiger partial charge in [-0.3, -0.25) is 9.78 Å². The smallest absolute Gasteiger partial charge is 0.230 e. The zero-order valence-corrected chi connectivity index (χ0v) is 12.1. The molecule has 1 N–H and O–H groups in total. The number of rotatable bonds is 3. The molecule has 1 heterocycles.